The molecule has 0 aliphatic carbocycles. The highest BCUT2D eigenvalue weighted by Crippen LogP contribution is 2.26. The predicted molar refractivity (Wildman–Crippen MR) is 128 cm³/mol. The lowest BCUT2D eigenvalue weighted by Gasteiger charge is -2.34. The van der Waals surface area contributed by atoms with E-state index in [1.807, 2.05) is 36.4 Å². The zero-order valence-electron chi connectivity index (χ0n) is 18.4. The number of nitrogens with zero attached hydrogens (tertiary/aromatic N) is 3. The second kappa shape index (κ2) is 10.0. The van der Waals surface area contributed by atoms with Gasteiger partial charge in [0.25, 0.3) is 5.91 Å². The third kappa shape index (κ3) is 5.31. The minimum absolute atomic E-state index is 0.0249. The van der Waals surface area contributed by atoms with Gasteiger partial charge in [-0.25, -0.2) is 4.98 Å². The van der Waals surface area contributed by atoms with Crippen LogP contribution in [0.5, 0.6) is 0 Å². The van der Waals surface area contributed by atoms with Gasteiger partial charge in [-0.3, -0.25) is 14.4 Å². The average molecular weight is 465 g/mol. The number of aromatic nitrogens is 1. The van der Waals surface area contributed by atoms with Gasteiger partial charge in [0.15, 0.2) is 0 Å². The molecule has 1 aliphatic heterocycles. The molecule has 8 heteroatoms. The highest BCUT2D eigenvalue weighted by molar-refractivity contribution is 6.30. The van der Waals surface area contributed by atoms with Crippen molar-refractivity contribution in [1.29, 1.82) is 0 Å². The van der Waals surface area contributed by atoms with Crippen molar-refractivity contribution in [3.05, 3.63) is 65.2 Å². The monoisotopic (exact) mass is 464 g/mol. The number of piperazine rings is 1. The molecule has 1 fully saturated rings. The largest absolute Gasteiger partial charge is 0.351 e. The number of pyridine rings is 1. The van der Waals surface area contributed by atoms with Crippen LogP contribution in [0.4, 0.5) is 0 Å². The van der Waals surface area contributed by atoms with Crippen LogP contribution >= 0.6 is 11.6 Å². The number of rotatable bonds is 5. The zero-order valence-corrected chi connectivity index (χ0v) is 19.1. The van der Waals surface area contributed by atoms with E-state index in [9.17, 15) is 14.4 Å². The lowest BCUT2D eigenvalue weighted by Crippen LogP contribution is -2.50. The van der Waals surface area contributed by atoms with Crippen molar-refractivity contribution < 1.29 is 14.4 Å². The van der Waals surface area contributed by atoms with E-state index in [0.29, 0.717) is 42.5 Å². The molecule has 1 N–H and O–H groups in total. The fourth-order valence-electron chi connectivity index (χ4n) is 3.94. The summed E-state index contributed by atoms with van der Waals surface area (Å²) in [6, 6.07) is 16.6. The molecule has 1 aliphatic rings. The number of halogens is 1. The first kappa shape index (κ1) is 22.7. The van der Waals surface area contributed by atoms with Gasteiger partial charge in [-0.05, 0) is 24.3 Å². The van der Waals surface area contributed by atoms with Crippen molar-refractivity contribution in [3.8, 4) is 11.3 Å². The van der Waals surface area contributed by atoms with Crippen molar-refractivity contribution >= 4 is 40.2 Å². The Morgan fingerprint density at radius 2 is 1.64 bits per heavy atom. The van der Waals surface area contributed by atoms with E-state index in [-0.39, 0.29) is 30.7 Å². The number of benzene rings is 2. The van der Waals surface area contributed by atoms with Crippen LogP contribution in [0.3, 0.4) is 0 Å². The van der Waals surface area contributed by atoms with E-state index in [1.165, 1.54) is 6.92 Å². The maximum atomic E-state index is 13.0. The summed E-state index contributed by atoms with van der Waals surface area (Å²) in [6.07, 6.45) is 0.207. The van der Waals surface area contributed by atoms with Crippen molar-refractivity contribution in [2.45, 2.75) is 13.3 Å². The summed E-state index contributed by atoms with van der Waals surface area (Å²) in [6.45, 7) is 3.90. The van der Waals surface area contributed by atoms with Crippen molar-refractivity contribution in [3.63, 3.8) is 0 Å². The van der Waals surface area contributed by atoms with Gasteiger partial charge < -0.3 is 15.1 Å². The standard InChI is InChI=1S/C25H25ClN4O3/c1-17(31)29-12-14-30(15-13-29)24(32)10-11-27-25(33)21-16-23(18-6-8-19(26)9-7-18)28-22-5-3-2-4-20(21)22/h2-9,16H,10-15H2,1H3,(H,27,33). The number of hydrogen-bond donors (Lipinski definition) is 1. The molecule has 0 unspecified atom stereocenters. The molecule has 0 radical (unpaired) electrons. The Labute approximate surface area is 197 Å². The summed E-state index contributed by atoms with van der Waals surface area (Å²) < 4.78 is 0. The van der Waals surface area contributed by atoms with E-state index in [4.69, 9.17) is 16.6 Å². The van der Waals surface area contributed by atoms with Gasteiger partial charge in [-0.1, -0.05) is 41.9 Å². The molecule has 2 heterocycles. The van der Waals surface area contributed by atoms with Gasteiger partial charge in [-0.2, -0.15) is 0 Å². The molecule has 170 valence electrons. The molecule has 1 aromatic heterocycles. The minimum Gasteiger partial charge on any atom is -0.351 e. The second-order valence-corrected chi connectivity index (χ2v) is 8.41. The Hall–Kier alpha value is -3.45. The second-order valence-electron chi connectivity index (χ2n) is 7.97. The summed E-state index contributed by atoms with van der Waals surface area (Å²) in [7, 11) is 0. The number of carbonyl (C=O) groups excluding carboxylic acids is 3. The van der Waals surface area contributed by atoms with Gasteiger partial charge in [-0.15, -0.1) is 0 Å². The first-order chi connectivity index (χ1) is 15.9. The zero-order chi connectivity index (χ0) is 23.4. The lowest BCUT2D eigenvalue weighted by atomic mass is 10.0. The molecule has 0 saturated carbocycles. The first-order valence-corrected chi connectivity index (χ1v) is 11.3. The topological polar surface area (TPSA) is 82.6 Å². The molecule has 0 atom stereocenters. The third-order valence-electron chi connectivity index (χ3n) is 5.80. The van der Waals surface area contributed by atoms with E-state index < -0.39 is 0 Å². The van der Waals surface area contributed by atoms with Gasteiger partial charge in [0, 0.05) is 62.0 Å². The Morgan fingerprint density at radius 3 is 2.33 bits per heavy atom. The highest BCUT2D eigenvalue weighted by atomic mass is 35.5. The van der Waals surface area contributed by atoms with Crippen LogP contribution in [0.2, 0.25) is 5.02 Å². The predicted octanol–water partition coefficient (Wildman–Crippen LogP) is 3.37. The summed E-state index contributed by atoms with van der Waals surface area (Å²) in [4.78, 5) is 45.2. The molecule has 0 spiro atoms. The van der Waals surface area contributed by atoms with Crippen LogP contribution in [-0.2, 0) is 9.59 Å². The molecular weight excluding hydrogens is 440 g/mol. The Morgan fingerprint density at radius 1 is 0.970 bits per heavy atom. The number of carbonyl (C=O) groups is 3. The summed E-state index contributed by atoms with van der Waals surface area (Å²) in [5, 5.41) is 4.26. The first-order valence-electron chi connectivity index (χ1n) is 10.9. The molecule has 4 rings (SSSR count). The Kier molecular flexibility index (Phi) is 6.89. The van der Waals surface area contributed by atoms with E-state index >= 15 is 0 Å². The SMILES string of the molecule is CC(=O)N1CCN(C(=O)CCNC(=O)c2cc(-c3ccc(Cl)cc3)nc3ccccc23)CC1. The van der Waals surface area contributed by atoms with Crippen LogP contribution in [0.25, 0.3) is 22.2 Å². The molecule has 3 aromatic rings. The molecular formula is C25H25ClN4O3. The summed E-state index contributed by atoms with van der Waals surface area (Å²) >= 11 is 6.00. The maximum absolute atomic E-state index is 13.0. The van der Waals surface area contributed by atoms with Gasteiger partial charge in [0.1, 0.15) is 0 Å². The van der Waals surface area contributed by atoms with Crippen molar-refractivity contribution in [1.82, 2.24) is 20.1 Å². The third-order valence-corrected chi connectivity index (χ3v) is 6.05. The van der Waals surface area contributed by atoms with E-state index in [1.54, 1.807) is 28.0 Å². The molecule has 33 heavy (non-hydrogen) atoms. The number of nitrogens with one attached hydrogen (secondary N) is 1. The average Bonchev–Trinajstić information content (AvgIpc) is 2.83. The van der Waals surface area contributed by atoms with Crippen LogP contribution in [-0.4, -0.2) is 65.2 Å². The van der Waals surface area contributed by atoms with Crippen LogP contribution in [0.15, 0.2) is 54.6 Å². The molecule has 2 aromatic carbocycles. The van der Waals surface area contributed by atoms with E-state index in [0.717, 1.165) is 16.5 Å². The number of hydrogen-bond acceptors (Lipinski definition) is 4. The van der Waals surface area contributed by atoms with Crippen molar-refractivity contribution in [2.75, 3.05) is 32.7 Å². The van der Waals surface area contributed by atoms with Crippen molar-refractivity contribution in [2.24, 2.45) is 0 Å². The molecule has 7 nitrogen and oxygen atoms in total. The minimum atomic E-state index is -0.252. The Bertz CT molecular complexity index is 1190. The number of amides is 3. The summed E-state index contributed by atoms with van der Waals surface area (Å²) in [5.41, 5.74) is 2.76. The quantitative estimate of drug-likeness (QED) is 0.627. The molecule has 1 saturated heterocycles. The van der Waals surface area contributed by atoms with E-state index in [2.05, 4.69) is 5.32 Å². The number of fused-ring (bicyclic) bond motifs is 1. The van der Waals surface area contributed by atoms with Crippen LogP contribution in [0, 0.1) is 0 Å². The van der Waals surface area contributed by atoms with Gasteiger partial charge in [0.2, 0.25) is 11.8 Å². The normalized spacial score (nSPS) is 13.8. The fraction of sp³-hybridized carbons (Fsp3) is 0.280. The highest BCUT2D eigenvalue weighted by Gasteiger charge is 2.22. The van der Waals surface area contributed by atoms with Crippen LogP contribution < -0.4 is 5.32 Å². The lowest BCUT2D eigenvalue weighted by molar-refractivity contribution is -0.138. The number of para-hydroxylation sites is 1. The fourth-order valence-corrected chi connectivity index (χ4v) is 4.06. The van der Waals surface area contributed by atoms with Crippen LogP contribution in [0.1, 0.15) is 23.7 Å². The molecule has 0 bridgehead atoms. The Balaban J connectivity index is 1.44. The summed E-state index contributed by atoms with van der Waals surface area (Å²) in [5.74, 6) is -0.255. The maximum Gasteiger partial charge on any atom is 0.252 e. The smallest absolute Gasteiger partial charge is 0.252 e. The van der Waals surface area contributed by atoms with Gasteiger partial charge >= 0.3 is 0 Å². The van der Waals surface area contributed by atoms with Gasteiger partial charge in [0.05, 0.1) is 16.8 Å². The molecule has 3 amide bonds.